The first kappa shape index (κ1) is 11.8. The van der Waals surface area contributed by atoms with Crippen LogP contribution in [0, 0.1) is 0 Å². The largest absolute Gasteiger partial charge is 0.496 e. The van der Waals surface area contributed by atoms with E-state index in [1.807, 2.05) is 0 Å². The Morgan fingerprint density at radius 1 is 1.33 bits per heavy atom. The molecule has 0 aromatic heterocycles. The van der Waals surface area contributed by atoms with Crippen molar-refractivity contribution in [1.82, 2.24) is 0 Å². The molecule has 1 aromatic rings. The van der Waals surface area contributed by atoms with Gasteiger partial charge in [0.1, 0.15) is 5.75 Å². The van der Waals surface area contributed by atoms with Gasteiger partial charge in [-0.2, -0.15) is 8.42 Å². The fourth-order valence-electron chi connectivity index (χ4n) is 1.03. The number of hydrogen-bond acceptors (Lipinski definition) is 3. The second kappa shape index (κ2) is 4.09. The van der Waals surface area contributed by atoms with Crippen LogP contribution in [0.3, 0.4) is 0 Å². The average Bonchev–Trinajstić information content (AvgIpc) is 2.15. The van der Waals surface area contributed by atoms with E-state index in [1.54, 1.807) is 0 Å². The molecule has 3 nitrogen and oxygen atoms in total. The highest BCUT2D eigenvalue weighted by Gasteiger charge is 2.19. The summed E-state index contributed by atoms with van der Waals surface area (Å²) in [5, 5.41) is 0. The van der Waals surface area contributed by atoms with Crippen molar-refractivity contribution in [3.8, 4) is 5.75 Å². The van der Waals surface area contributed by atoms with Crippen molar-refractivity contribution in [3.05, 3.63) is 23.8 Å². The molecule has 0 aliphatic carbocycles. The van der Waals surface area contributed by atoms with Crippen molar-refractivity contribution >= 4 is 10.2 Å². The Balaban J connectivity index is 3.35. The van der Waals surface area contributed by atoms with E-state index in [1.165, 1.54) is 0 Å². The fraction of sp³-hybridized carbons (Fsp3) is 0.250. The first-order chi connectivity index (χ1) is 6.86. The molecular weight excluding hydrogens is 233 g/mol. The minimum absolute atomic E-state index is 0.183. The van der Waals surface area contributed by atoms with Crippen LogP contribution < -0.4 is 4.74 Å². The Kier molecular flexibility index (Phi) is 3.23. The Labute approximate surface area is 84.7 Å². The zero-order valence-corrected chi connectivity index (χ0v) is 8.39. The van der Waals surface area contributed by atoms with Gasteiger partial charge in [0.15, 0.2) is 0 Å². The average molecular weight is 240 g/mol. The van der Waals surface area contributed by atoms with Gasteiger partial charge in [0.25, 0.3) is 6.43 Å². The Morgan fingerprint density at radius 2 is 1.93 bits per heavy atom. The molecule has 84 valence electrons. The zero-order chi connectivity index (χ0) is 11.6. The van der Waals surface area contributed by atoms with Crippen LogP contribution in [0.25, 0.3) is 0 Å². The maximum absolute atomic E-state index is 12.5. The summed E-state index contributed by atoms with van der Waals surface area (Å²) in [5.41, 5.74) is -0.656. The van der Waals surface area contributed by atoms with E-state index in [2.05, 4.69) is 4.74 Å². The van der Waals surface area contributed by atoms with Crippen molar-refractivity contribution in [2.24, 2.45) is 0 Å². The Hall–Kier alpha value is -1.24. The van der Waals surface area contributed by atoms with Crippen LogP contribution in [0.15, 0.2) is 23.1 Å². The lowest BCUT2D eigenvalue weighted by atomic mass is 10.2. The number of methoxy groups -OCH3 is 1. The van der Waals surface area contributed by atoms with Crippen molar-refractivity contribution in [1.29, 1.82) is 0 Å². The van der Waals surface area contributed by atoms with Gasteiger partial charge in [-0.1, -0.05) is 0 Å². The predicted octanol–water partition coefficient (Wildman–Crippen LogP) is 2.29. The van der Waals surface area contributed by atoms with Crippen LogP contribution in [-0.2, 0) is 10.2 Å². The number of hydrogen-bond donors (Lipinski definition) is 0. The van der Waals surface area contributed by atoms with Crippen LogP contribution in [0.1, 0.15) is 12.0 Å². The molecule has 0 bridgehead atoms. The number of halogens is 3. The number of benzene rings is 1. The van der Waals surface area contributed by atoms with E-state index in [-0.39, 0.29) is 5.75 Å². The van der Waals surface area contributed by atoms with Gasteiger partial charge in [-0.05, 0) is 18.2 Å². The molecule has 0 spiro atoms. The van der Waals surface area contributed by atoms with E-state index in [0.717, 1.165) is 19.2 Å². The van der Waals surface area contributed by atoms with E-state index in [4.69, 9.17) is 0 Å². The van der Waals surface area contributed by atoms with Crippen LogP contribution >= 0.6 is 0 Å². The SMILES string of the molecule is COc1ccc(S(=O)(=O)F)cc1C(F)F. The highest BCUT2D eigenvalue weighted by atomic mass is 32.3. The number of alkyl halides is 2. The minimum Gasteiger partial charge on any atom is -0.496 e. The molecule has 0 N–H and O–H groups in total. The second-order valence-electron chi connectivity index (χ2n) is 2.64. The van der Waals surface area contributed by atoms with Gasteiger partial charge in [0.05, 0.1) is 17.6 Å². The molecule has 0 heterocycles. The molecule has 1 rings (SSSR count). The monoisotopic (exact) mass is 240 g/mol. The molecule has 1 aromatic carbocycles. The summed E-state index contributed by atoms with van der Waals surface area (Å²) >= 11 is 0. The highest BCUT2D eigenvalue weighted by Crippen LogP contribution is 2.31. The molecular formula is C8H7F3O3S. The first-order valence-corrected chi connectivity index (χ1v) is 5.15. The summed E-state index contributed by atoms with van der Waals surface area (Å²) in [6.07, 6.45) is -2.93. The second-order valence-corrected chi connectivity index (χ2v) is 3.99. The molecule has 0 fully saturated rings. The third kappa shape index (κ3) is 2.62. The van der Waals surface area contributed by atoms with Crippen LogP contribution in [0.2, 0.25) is 0 Å². The smallest absolute Gasteiger partial charge is 0.332 e. The molecule has 0 aliphatic rings. The van der Waals surface area contributed by atoms with Gasteiger partial charge in [0.2, 0.25) is 0 Å². The van der Waals surface area contributed by atoms with Gasteiger partial charge in [-0.3, -0.25) is 0 Å². The van der Waals surface area contributed by atoms with Crippen molar-refractivity contribution in [2.75, 3.05) is 7.11 Å². The van der Waals surface area contributed by atoms with Crippen molar-refractivity contribution < 1.29 is 25.8 Å². The molecule has 0 atom stereocenters. The summed E-state index contributed by atoms with van der Waals surface area (Å²) in [5.74, 6) is -0.183. The molecule has 15 heavy (non-hydrogen) atoms. The molecule has 0 unspecified atom stereocenters. The normalized spacial score (nSPS) is 11.8. The van der Waals surface area contributed by atoms with Crippen molar-refractivity contribution in [2.45, 2.75) is 11.3 Å². The van der Waals surface area contributed by atoms with Gasteiger partial charge < -0.3 is 4.74 Å². The number of ether oxygens (including phenoxy) is 1. The predicted molar refractivity (Wildman–Crippen MR) is 46.2 cm³/mol. The lowest BCUT2D eigenvalue weighted by Crippen LogP contribution is -1.97. The molecule has 0 saturated carbocycles. The maximum Gasteiger partial charge on any atom is 0.332 e. The summed E-state index contributed by atoms with van der Waals surface area (Å²) in [4.78, 5) is -0.807. The summed E-state index contributed by atoms with van der Waals surface area (Å²) < 4.78 is 62.7. The molecule has 0 aliphatic heterocycles. The summed E-state index contributed by atoms with van der Waals surface area (Å²) in [6.45, 7) is 0. The molecule has 0 amide bonds. The van der Waals surface area contributed by atoms with Gasteiger partial charge in [-0.15, -0.1) is 3.89 Å². The van der Waals surface area contributed by atoms with Crippen molar-refractivity contribution in [3.63, 3.8) is 0 Å². The number of rotatable bonds is 3. The van der Waals surface area contributed by atoms with Gasteiger partial charge >= 0.3 is 10.2 Å². The van der Waals surface area contributed by atoms with E-state index in [0.29, 0.717) is 6.07 Å². The van der Waals surface area contributed by atoms with E-state index >= 15 is 0 Å². The van der Waals surface area contributed by atoms with Gasteiger partial charge in [-0.25, -0.2) is 8.78 Å². The Morgan fingerprint density at radius 3 is 2.33 bits per heavy atom. The zero-order valence-electron chi connectivity index (χ0n) is 7.58. The lowest BCUT2D eigenvalue weighted by Gasteiger charge is -2.07. The summed E-state index contributed by atoms with van der Waals surface area (Å²) in [6, 6.07) is 2.40. The Bertz CT molecular complexity index is 456. The van der Waals surface area contributed by atoms with E-state index in [9.17, 15) is 21.1 Å². The molecule has 7 heteroatoms. The van der Waals surface area contributed by atoms with Crippen LogP contribution in [-0.4, -0.2) is 15.5 Å². The van der Waals surface area contributed by atoms with E-state index < -0.39 is 27.1 Å². The summed E-state index contributed by atoms with van der Waals surface area (Å²) in [7, 11) is -3.82. The highest BCUT2D eigenvalue weighted by molar-refractivity contribution is 7.86. The van der Waals surface area contributed by atoms with Crippen LogP contribution in [0.5, 0.6) is 5.75 Å². The van der Waals surface area contributed by atoms with Gasteiger partial charge in [0, 0.05) is 0 Å². The molecule has 0 radical (unpaired) electrons. The fourth-order valence-corrected chi connectivity index (χ4v) is 1.53. The van der Waals surface area contributed by atoms with Crippen LogP contribution in [0.4, 0.5) is 12.7 Å². The third-order valence-corrected chi connectivity index (χ3v) is 2.53. The topological polar surface area (TPSA) is 43.4 Å². The third-order valence-electron chi connectivity index (χ3n) is 1.72. The lowest BCUT2D eigenvalue weighted by molar-refractivity contribution is 0.146. The maximum atomic E-state index is 12.5. The molecule has 0 saturated heterocycles. The minimum atomic E-state index is -4.97. The first-order valence-electron chi connectivity index (χ1n) is 3.77. The quantitative estimate of drug-likeness (QED) is 0.761. The standard InChI is InChI=1S/C8H7F3O3S/c1-14-7-3-2-5(15(11,12)13)4-6(7)8(9)10/h2-4,8H,1H3.